The Bertz CT molecular complexity index is 627. The van der Waals surface area contributed by atoms with Gasteiger partial charge in [0.05, 0.1) is 37.7 Å². The van der Waals surface area contributed by atoms with E-state index in [1.807, 2.05) is 4.79 Å². The summed E-state index contributed by atoms with van der Waals surface area (Å²) in [4.78, 5) is 1.97. The maximum absolute atomic E-state index is 5.41. The molecular formula is C16H20N4O. The van der Waals surface area contributed by atoms with E-state index in [4.69, 9.17) is 4.74 Å². The van der Waals surface area contributed by atoms with Crippen LogP contribution in [0, 0.1) is 6.92 Å². The molecule has 0 bridgehead atoms. The van der Waals surface area contributed by atoms with Crippen molar-refractivity contribution in [3.63, 3.8) is 0 Å². The van der Waals surface area contributed by atoms with Crippen LogP contribution in [-0.2, 0) is 10.2 Å². The van der Waals surface area contributed by atoms with Crippen LogP contribution in [0.4, 0.5) is 0 Å². The molecule has 110 valence electrons. The molecule has 0 amide bonds. The minimum atomic E-state index is 0.0931. The number of benzene rings is 1. The molecule has 0 unspecified atom stereocenters. The average Bonchev–Trinajstić information content (AvgIpc) is 3.26. The fourth-order valence-electron chi connectivity index (χ4n) is 3.32. The number of hydrogen-bond acceptors (Lipinski definition) is 4. The molecule has 2 fully saturated rings. The number of morpholine rings is 1. The van der Waals surface area contributed by atoms with Gasteiger partial charge in [-0.25, -0.2) is 0 Å². The van der Waals surface area contributed by atoms with Crippen molar-refractivity contribution in [3.05, 3.63) is 47.3 Å². The van der Waals surface area contributed by atoms with Crippen molar-refractivity contribution in [3.8, 4) is 0 Å². The molecule has 0 N–H and O–H groups in total. The van der Waals surface area contributed by atoms with Crippen molar-refractivity contribution in [1.29, 1.82) is 0 Å². The van der Waals surface area contributed by atoms with Crippen LogP contribution in [0.1, 0.15) is 29.8 Å². The van der Waals surface area contributed by atoms with Crippen LogP contribution < -0.4 is 5.01 Å². The number of hydrogen-bond donors (Lipinski definition) is 0. The zero-order valence-electron chi connectivity index (χ0n) is 12.3. The van der Waals surface area contributed by atoms with Gasteiger partial charge in [-0.3, -0.25) is 5.01 Å². The van der Waals surface area contributed by atoms with Crippen LogP contribution in [0.15, 0.2) is 30.3 Å². The first-order chi connectivity index (χ1) is 10.3. The fraction of sp³-hybridized carbons (Fsp3) is 0.500. The highest BCUT2D eigenvalue weighted by atomic mass is 16.5. The number of nitrogens with zero attached hydrogens (tertiary/aromatic N) is 4. The Labute approximate surface area is 124 Å². The van der Waals surface area contributed by atoms with Crippen molar-refractivity contribution in [2.75, 3.05) is 31.3 Å². The largest absolute Gasteiger partial charge is 0.378 e. The number of aromatic nitrogens is 3. The molecule has 5 heteroatoms. The van der Waals surface area contributed by atoms with Gasteiger partial charge >= 0.3 is 0 Å². The zero-order chi connectivity index (χ0) is 14.3. The molecule has 1 aromatic carbocycles. The number of rotatable bonds is 3. The first-order valence-electron chi connectivity index (χ1n) is 7.62. The van der Waals surface area contributed by atoms with Crippen LogP contribution in [0.25, 0.3) is 0 Å². The van der Waals surface area contributed by atoms with Gasteiger partial charge in [0.15, 0.2) is 0 Å². The second-order valence-corrected chi connectivity index (χ2v) is 5.93. The van der Waals surface area contributed by atoms with Gasteiger partial charge in [-0.2, -0.15) is 4.79 Å². The van der Waals surface area contributed by atoms with E-state index in [1.54, 1.807) is 0 Å². The summed E-state index contributed by atoms with van der Waals surface area (Å²) in [5, 5.41) is 11.2. The molecule has 4 rings (SSSR count). The van der Waals surface area contributed by atoms with Crippen molar-refractivity contribution in [1.82, 2.24) is 15.1 Å². The predicted octanol–water partition coefficient (Wildman–Crippen LogP) is 1.63. The molecule has 2 heterocycles. The third-order valence-electron chi connectivity index (χ3n) is 4.66. The van der Waals surface area contributed by atoms with Gasteiger partial charge in [0, 0.05) is 5.41 Å². The lowest BCUT2D eigenvalue weighted by atomic mass is 9.91. The Hall–Kier alpha value is -1.88. The highest BCUT2D eigenvalue weighted by Crippen LogP contribution is 2.53. The first kappa shape index (κ1) is 12.8. The zero-order valence-corrected chi connectivity index (χ0v) is 12.3. The molecule has 2 aliphatic rings. The minimum absolute atomic E-state index is 0.0931. The molecule has 1 saturated heterocycles. The SMILES string of the molecule is Cc1c(C2(c3ccccc3)CC2)nnn1N1CCOCC1. The van der Waals surface area contributed by atoms with Gasteiger partial charge in [0.2, 0.25) is 0 Å². The lowest BCUT2D eigenvalue weighted by molar-refractivity contribution is 0.108. The van der Waals surface area contributed by atoms with Crippen LogP contribution in [-0.4, -0.2) is 41.4 Å². The highest BCUT2D eigenvalue weighted by molar-refractivity contribution is 5.43. The summed E-state index contributed by atoms with van der Waals surface area (Å²) in [5.41, 5.74) is 3.76. The average molecular weight is 284 g/mol. The Kier molecular flexibility index (Phi) is 2.96. The van der Waals surface area contributed by atoms with Crippen LogP contribution >= 0.6 is 0 Å². The summed E-state index contributed by atoms with van der Waals surface area (Å²) < 4.78 is 5.41. The minimum Gasteiger partial charge on any atom is -0.378 e. The van der Waals surface area contributed by atoms with Crippen LogP contribution in [0.3, 0.4) is 0 Å². The molecule has 2 aromatic rings. The third-order valence-corrected chi connectivity index (χ3v) is 4.66. The normalized spacial score (nSPS) is 20.5. The molecule has 1 aliphatic heterocycles. The van der Waals surface area contributed by atoms with E-state index in [0.717, 1.165) is 32.0 Å². The second-order valence-electron chi connectivity index (χ2n) is 5.93. The maximum atomic E-state index is 5.41. The maximum Gasteiger partial charge on any atom is 0.0984 e. The van der Waals surface area contributed by atoms with Crippen molar-refractivity contribution in [2.24, 2.45) is 0 Å². The van der Waals surface area contributed by atoms with E-state index >= 15 is 0 Å². The van der Waals surface area contributed by atoms with E-state index in [0.29, 0.717) is 0 Å². The summed E-state index contributed by atoms with van der Waals surface area (Å²) in [6.07, 6.45) is 2.33. The summed E-state index contributed by atoms with van der Waals surface area (Å²) in [6, 6.07) is 10.7. The Morgan fingerprint density at radius 3 is 2.48 bits per heavy atom. The van der Waals surface area contributed by atoms with E-state index in [1.165, 1.54) is 24.1 Å². The Morgan fingerprint density at radius 2 is 1.81 bits per heavy atom. The molecule has 1 saturated carbocycles. The van der Waals surface area contributed by atoms with Gasteiger partial charge in [-0.15, -0.1) is 5.10 Å². The van der Waals surface area contributed by atoms with E-state index < -0.39 is 0 Å². The van der Waals surface area contributed by atoms with Gasteiger partial charge in [0.1, 0.15) is 0 Å². The Morgan fingerprint density at radius 1 is 1.10 bits per heavy atom. The lowest BCUT2D eigenvalue weighted by Gasteiger charge is -2.28. The topological polar surface area (TPSA) is 43.2 Å². The van der Waals surface area contributed by atoms with Crippen molar-refractivity contribution < 1.29 is 4.74 Å². The van der Waals surface area contributed by atoms with Crippen molar-refractivity contribution >= 4 is 0 Å². The van der Waals surface area contributed by atoms with E-state index in [9.17, 15) is 0 Å². The number of ether oxygens (including phenoxy) is 1. The van der Waals surface area contributed by atoms with Gasteiger partial charge < -0.3 is 4.74 Å². The fourth-order valence-corrected chi connectivity index (χ4v) is 3.32. The monoisotopic (exact) mass is 284 g/mol. The van der Waals surface area contributed by atoms with Crippen molar-refractivity contribution in [2.45, 2.75) is 25.2 Å². The quantitative estimate of drug-likeness (QED) is 0.859. The van der Waals surface area contributed by atoms with Gasteiger partial charge in [-0.1, -0.05) is 30.3 Å². The predicted molar refractivity (Wildman–Crippen MR) is 80.0 cm³/mol. The smallest absolute Gasteiger partial charge is 0.0984 e. The molecule has 0 radical (unpaired) electrons. The molecule has 0 spiro atoms. The van der Waals surface area contributed by atoms with Crippen LogP contribution in [0.2, 0.25) is 0 Å². The first-order valence-corrected chi connectivity index (χ1v) is 7.62. The van der Waals surface area contributed by atoms with Crippen LogP contribution in [0.5, 0.6) is 0 Å². The summed E-state index contributed by atoms with van der Waals surface area (Å²) in [6.45, 7) is 5.41. The summed E-state index contributed by atoms with van der Waals surface area (Å²) >= 11 is 0. The Balaban J connectivity index is 1.69. The standard InChI is InChI=1S/C16H20N4O/c1-13-15(16(7-8-16)14-5-3-2-4-6-14)17-18-20(13)19-9-11-21-12-10-19/h2-6H,7-12H2,1H3. The third kappa shape index (κ3) is 2.03. The second kappa shape index (κ2) is 4.84. The van der Waals surface area contributed by atoms with Gasteiger partial charge in [0.25, 0.3) is 0 Å². The highest BCUT2D eigenvalue weighted by Gasteiger charge is 2.49. The summed E-state index contributed by atoms with van der Waals surface area (Å²) in [5.74, 6) is 0. The molecule has 5 nitrogen and oxygen atoms in total. The van der Waals surface area contributed by atoms with E-state index in [2.05, 4.69) is 52.6 Å². The molecule has 21 heavy (non-hydrogen) atoms. The molecule has 1 aromatic heterocycles. The van der Waals surface area contributed by atoms with E-state index in [-0.39, 0.29) is 5.41 Å². The molecular weight excluding hydrogens is 264 g/mol. The lowest BCUT2D eigenvalue weighted by Crippen LogP contribution is -2.45. The molecule has 1 aliphatic carbocycles. The summed E-state index contributed by atoms with van der Waals surface area (Å²) in [7, 11) is 0. The molecule has 0 atom stereocenters. The van der Waals surface area contributed by atoms with Gasteiger partial charge in [-0.05, 0) is 30.5 Å².